The van der Waals surface area contributed by atoms with E-state index < -0.39 is 0 Å². The van der Waals surface area contributed by atoms with Gasteiger partial charge in [0.2, 0.25) is 0 Å². The summed E-state index contributed by atoms with van der Waals surface area (Å²) in [7, 11) is 1.75. The third kappa shape index (κ3) is 13.5. The Balaban J connectivity index is 3.26. The van der Waals surface area contributed by atoms with Crippen molar-refractivity contribution in [2.24, 2.45) is 10.7 Å². The smallest absolute Gasteiger partial charge is 0.111 e. The predicted octanol–water partition coefficient (Wildman–Crippen LogP) is 1.01. The molecule has 0 aromatic carbocycles. The fourth-order valence-electron chi connectivity index (χ4n) is 1.29. The number of rotatable bonds is 13. The summed E-state index contributed by atoms with van der Waals surface area (Å²) >= 11 is 0. The second-order valence-electron chi connectivity index (χ2n) is 4.09. The molecule has 0 atom stereocenters. The van der Waals surface area contributed by atoms with E-state index in [-0.39, 0.29) is 0 Å². The van der Waals surface area contributed by atoms with Crippen molar-refractivity contribution in [1.29, 1.82) is 0 Å². The highest BCUT2D eigenvalue weighted by Gasteiger charge is 1.94. The Morgan fingerprint density at radius 2 is 1.40 bits per heavy atom. The number of aliphatic imine (C=N–C) groups is 1. The molecule has 0 amide bonds. The number of nitrogens with two attached hydrogens (primary N) is 1. The summed E-state index contributed by atoms with van der Waals surface area (Å²) in [6.07, 6.45) is 1.89. The van der Waals surface area contributed by atoms with Gasteiger partial charge in [0.25, 0.3) is 0 Å². The van der Waals surface area contributed by atoms with Crippen LogP contribution in [0.2, 0.25) is 0 Å². The van der Waals surface area contributed by atoms with Crippen molar-refractivity contribution in [3.63, 3.8) is 0 Å². The van der Waals surface area contributed by atoms with Crippen LogP contribution in [0, 0.1) is 0 Å². The highest BCUT2D eigenvalue weighted by Crippen LogP contribution is 1.96. The molecule has 0 bridgehead atoms. The molecule has 0 heterocycles. The Hall–Kier alpha value is -0.950. The number of nitrogens with zero attached hydrogens (tertiary/aromatic N) is 1. The summed E-state index contributed by atoms with van der Waals surface area (Å²) in [5.74, 6) is 0.838. The van der Waals surface area contributed by atoms with E-state index in [0.29, 0.717) is 52.8 Å². The lowest BCUT2D eigenvalue weighted by molar-refractivity contribution is 0.00599. The minimum atomic E-state index is 0.527. The maximum Gasteiger partial charge on any atom is 0.111 e. The van der Waals surface area contributed by atoms with E-state index in [1.165, 1.54) is 0 Å². The SMILES string of the molecule is CN=C(C)/C=C(\C)OCCOCCOCCOCCN. The van der Waals surface area contributed by atoms with Gasteiger partial charge in [-0.3, -0.25) is 4.99 Å². The Morgan fingerprint density at radius 1 is 0.900 bits per heavy atom. The first kappa shape index (κ1) is 19.1. The largest absolute Gasteiger partial charge is 0.496 e. The molecule has 6 nitrogen and oxygen atoms in total. The van der Waals surface area contributed by atoms with Crippen LogP contribution in [-0.4, -0.2) is 65.6 Å². The zero-order chi connectivity index (χ0) is 15.1. The molecule has 0 saturated heterocycles. The molecule has 0 spiro atoms. The molecule has 0 aromatic heterocycles. The van der Waals surface area contributed by atoms with Gasteiger partial charge < -0.3 is 24.7 Å². The van der Waals surface area contributed by atoms with Gasteiger partial charge in [-0.05, 0) is 19.9 Å². The lowest BCUT2D eigenvalue weighted by Gasteiger charge is -2.08. The molecule has 0 aromatic rings. The van der Waals surface area contributed by atoms with Crippen LogP contribution in [0.1, 0.15) is 13.8 Å². The first-order valence-corrected chi connectivity index (χ1v) is 6.88. The lowest BCUT2D eigenvalue weighted by Crippen LogP contribution is -2.14. The second-order valence-corrected chi connectivity index (χ2v) is 4.09. The van der Waals surface area contributed by atoms with E-state index in [2.05, 4.69) is 4.99 Å². The zero-order valence-corrected chi connectivity index (χ0v) is 12.9. The van der Waals surface area contributed by atoms with Gasteiger partial charge in [0.1, 0.15) is 6.61 Å². The molecule has 118 valence electrons. The fraction of sp³-hybridized carbons (Fsp3) is 0.786. The minimum Gasteiger partial charge on any atom is -0.496 e. The highest BCUT2D eigenvalue weighted by molar-refractivity contribution is 5.92. The zero-order valence-electron chi connectivity index (χ0n) is 12.9. The third-order valence-electron chi connectivity index (χ3n) is 2.33. The van der Waals surface area contributed by atoms with E-state index in [9.17, 15) is 0 Å². The summed E-state index contributed by atoms with van der Waals surface area (Å²) in [5, 5.41) is 0. The van der Waals surface area contributed by atoms with Crippen molar-refractivity contribution < 1.29 is 18.9 Å². The molecule has 0 aliphatic carbocycles. The monoisotopic (exact) mass is 288 g/mol. The van der Waals surface area contributed by atoms with Crippen molar-refractivity contribution >= 4 is 5.71 Å². The lowest BCUT2D eigenvalue weighted by atomic mass is 10.3. The molecule has 2 N–H and O–H groups in total. The van der Waals surface area contributed by atoms with Gasteiger partial charge in [-0.2, -0.15) is 0 Å². The van der Waals surface area contributed by atoms with Gasteiger partial charge in [-0.1, -0.05) is 0 Å². The normalized spacial score (nSPS) is 12.8. The van der Waals surface area contributed by atoms with Gasteiger partial charge in [0.15, 0.2) is 0 Å². The van der Waals surface area contributed by atoms with Crippen LogP contribution in [0.25, 0.3) is 0 Å². The molecule has 0 saturated carbocycles. The first-order valence-electron chi connectivity index (χ1n) is 6.88. The number of allylic oxidation sites excluding steroid dienone is 2. The summed E-state index contributed by atoms with van der Waals surface area (Å²) in [6, 6.07) is 0. The molecule has 0 fully saturated rings. The van der Waals surface area contributed by atoms with E-state index in [1.54, 1.807) is 7.05 Å². The van der Waals surface area contributed by atoms with Crippen LogP contribution in [0.4, 0.5) is 0 Å². The quantitative estimate of drug-likeness (QED) is 0.311. The minimum absolute atomic E-state index is 0.527. The molecular weight excluding hydrogens is 260 g/mol. The van der Waals surface area contributed by atoms with Crippen molar-refractivity contribution in [1.82, 2.24) is 0 Å². The average molecular weight is 288 g/mol. The van der Waals surface area contributed by atoms with Crippen molar-refractivity contribution in [2.45, 2.75) is 13.8 Å². The number of hydrogen-bond acceptors (Lipinski definition) is 6. The third-order valence-corrected chi connectivity index (χ3v) is 2.33. The highest BCUT2D eigenvalue weighted by atomic mass is 16.6. The summed E-state index contributed by atoms with van der Waals surface area (Å²) in [6.45, 7) is 8.27. The van der Waals surface area contributed by atoms with Crippen LogP contribution in [0.15, 0.2) is 16.8 Å². The standard InChI is InChI=1S/C14H28N2O4/c1-13(16-3)12-14(2)20-11-10-19-9-8-18-7-6-17-5-4-15/h12H,4-11,15H2,1-3H3/b14-12+,16-13?. The summed E-state index contributed by atoms with van der Waals surface area (Å²) in [4.78, 5) is 4.03. The Morgan fingerprint density at radius 3 is 1.90 bits per heavy atom. The van der Waals surface area contributed by atoms with E-state index in [0.717, 1.165) is 11.5 Å². The molecule has 0 rings (SSSR count). The van der Waals surface area contributed by atoms with Gasteiger partial charge in [-0.25, -0.2) is 0 Å². The van der Waals surface area contributed by atoms with Crippen LogP contribution >= 0.6 is 0 Å². The van der Waals surface area contributed by atoms with Crippen LogP contribution in [-0.2, 0) is 18.9 Å². The van der Waals surface area contributed by atoms with E-state index in [4.69, 9.17) is 24.7 Å². The van der Waals surface area contributed by atoms with Crippen molar-refractivity contribution in [3.05, 3.63) is 11.8 Å². The molecule has 0 aliphatic heterocycles. The van der Waals surface area contributed by atoms with E-state index >= 15 is 0 Å². The van der Waals surface area contributed by atoms with Gasteiger partial charge in [-0.15, -0.1) is 0 Å². The van der Waals surface area contributed by atoms with Crippen molar-refractivity contribution in [2.75, 3.05) is 59.8 Å². The molecule has 6 heteroatoms. The maximum absolute atomic E-state index is 5.47. The van der Waals surface area contributed by atoms with Crippen LogP contribution in [0.5, 0.6) is 0 Å². The number of hydrogen-bond donors (Lipinski definition) is 1. The molecule has 0 aliphatic rings. The van der Waals surface area contributed by atoms with E-state index in [1.807, 2.05) is 19.9 Å². The Kier molecular flexibility index (Phi) is 13.8. The second kappa shape index (κ2) is 14.5. The molecule has 0 unspecified atom stereocenters. The molecule has 0 radical (unpaired) electrons. The Labute approximate surface area is 121 Å². The average Bonchev–Trinajstić information content (AvgIpc) is 2.44. The number of ether oxygens (including phenoxy) is 4. The van der Waals surface area contributed by atoms with Gasteiger partial charge in [0, 0.05) is 19.3 Å². The van der Waals surface area contributed by atoms with Gasteiger partial charge in [0.05, 0.1) is 45.4 Å². The summed E-state index contributed by atoms with van der Waals surface area (Å²) < 4.78 is 21.3. The fourth-order valence-corrected chi connectivity index (χ4v) is 1.29. The molecular formula is C14H28N2O4. The van der Waals surface area contributed by atoms with Gasteiger partial charge >= 0.3 is 0 Å². The topological polar surface area (TPSA) is 75.3 Å². The maximum atomic E-state index is 5.47. The molecule has 20 heavy (non-hydrogen) atoms. The van der Waals surface area contributed by atoms with Crippen LogP contribution < -0.4 is 5.73 Å². The Bertz CT molecular complexity index is 280. The van der Waals surface area contributed by atoms with Crippen LogP contribution in [0.3, 0.4) is 0 Å². The summed E-state index contributed by atoms with van der Waals surface area (Å²) in [5.41, 5.74) is 6.22. The predicted molar refractivity (Wildman–Crippen MR) is 80.3 cm³/mol. The van der Waals surface area contributed by atoms with Crippen molar-refractivity contribution in [3.8, 4) is 0 Å². The first-order chi connectivity index (χ1) is 9.70.